The number of hydrogen-bond acceptors (Lipinski definition) is 3. The standard InChI is InChI=1S/C10H14ClN3O/c1-13-9(10(11)15)8(7-12-13)14-5-3-2-4-6-14/h7H,2-6H2,1H3. The topological polar surface area (TPSA) is 38.1 Å². The molecule has 1 fully saturated rings. The fraction of sp³-hybridized carbons (Fsp3) is 0.600. The van der Waals surface area contributed by atoms with E-state index < -0.39 is 5.24 Å². The molecule has 0 N–H and O–H groups in total. The van der Waals surface area contributed by atoms with E-state index in [-0.39, 0.29) is 0 Å². The zero-order valence-corrected chi connectivity index (χ0v) is 9.50. The normalized spacial score (nSPS) is 16.8. The Morgan fingerprint density at radius 1 is 1.40 bits per heavy atom. The summed E-state index contributed by atoms with van der Waals surface area (Å²) in [4.78, 5) is 13.5. The molecule has 15 heavy (non-hydrogen) atoms. The van der Waals surface area contributed by atoms with Gasteiger partial charge in [0.05, 0.1) is 11.9 Å². The summed E-state index contributed by atoms with van der Waals surface area (Å²) in [6, 6.07) is 0. The SMILES string of the molecule is Cn1ncc(N2CCCCC2)c1C(=O)Cl. The zero-order valence-electron chi connectivity index (χ0n) is 8.74. The van der Waals surface area contributed by atoms with Crippen LogP contribution in [-0.4, -0.2) is 28.1 Å². The predicted molar refractivity (Wildman–Crippen MR) is 59.5 cm³/mol. The van der Waals surface area contributed by atoms with Gasteiger partial charge in [-0.15, -0.1) is 0 Å². The summed E-state index contributed by atoms with van der Waals surface area (Å²) in [6.07, 6.45) is 5.33. The van der Waals surface area contributed by atoms with Crippen molar-refractivity contribution in [1.82, 2.24) is 9.78 Å². The maximum absolute atomic E-state index is 11.3. The Bertz CT molecular complexity index is 369. The summed E-state index contributed by atoms with van der Waals surface area (Å²) in [5, 5.41) is 3.65. The van der Waals surface area contributed by atoms with Gasteiger partial charge in [-0.1, -0.05) is 0 Å². The van der Waals surface area contributed by atoms with E-state index in [0.29, 0.717) is 5.69 Å². The first kappa shape index (κ1) is 10.5. The van der Waals surface area contributed by atoms with Gasteiger partial charge in [-0.05, 0) is 30.9 Å². The van der Waals surface area contributed by atoms with Gasteiger partial charge in [-0.2, -0.15) is 5.10 Å². The van der Waals surface area contributed by atoms with Crippen molar-refractivity contribution >= 4 is 22.5 Å². The Balaban J connectivity index is 2.30. The summed E-state index contributed by atoms with van der Waals surface area (Å²) in [6.45, 7) is 1.98. The molecule has 2 rings (SSSR count). The van der Waals surface area contributed by atoms with Crippen LogP contribution in [0, 0.1) is 0 Å². The number of rotatable bonds is 2. The van der Waals surface area contributed by atoms with Gasteiger partial charge in [0.25, 0.3) is 5.24 Å². The van der Waals surface area contributed by atoms with Crippen LogP contribution in [-0.2, 0) is 7.05 Å². The molecule has 0 aliphatic carbocycles. The lowest BCUT2D eigenvalue weighted by molar-refractivity contribution is 0.107. The molecule has 82 valence electrons. The van der Waals surface area contributed by atoms with Crippen LogP contribution >= 0.6 is 11.6 Å². The van der Waals surface area contributed by atoms with Crippen molar-refractivity contribution in [3.63, 3.8) is 0 Å². The van der Waals surface area contributed by atoms with E-state index in [0.717, 1.165) is 18.8 Å². The number of anilines is 1. The monoisotopic (exact) mass is 227 g/mol. The van der Waals surface area contributed by atoms with Crippen molar-refractivity contribution in [3.8, 4) is 0 Å². The van der Waals surface area contributed by atoms with Gasteiger partial charge in [0.1, 0.15) is 5.69 Å². The molecule has 0 bridgehead atoms. The van der Waals surface area contributed by atoms with E-state index in [4.69, 9.17) is 11.6 Å². The molecule has 0 saturated carbocycles. The summed E-state index contributed by atoms with van der Waals surface area (Å²) < 4.78 is 1.54. The number of aromatic nitrogens is 2. The first-order valence-corrected chi connectivity index (χ1v) is 5.54. The molecule has 0 spiro atoms. The van der Waals surface area contributed by atoms with Crippen LogP contribution < -0.4 is 4.90 Å². The average Bonchev–Trinajstić information content (AvgIpc) is 2.61. The summed E-state index contributed by atoms with van der Waals surface area (Å²) >= 11 is 5.55. The first-order chi connectivity index (χ1) is 7.20. The quantitative estimate of drug-likeness (QED) is 0.723. The van der Waals surface area contributed by atoms with Crippen LogP contribution in [0.25, 0.3) is 0 Å². The van der Waals surface area contributed by atoms with Crippen LogP contribution in [0.3, 0.4) is 0 Å². The Morgan fingerprint density at radius 2 is 2.07 bits per heavy atom. The molecule has 0 unspecified atom stereocenters. The molecule has 1 aromatic rings. The van der Waals surface area contributed by atoms with Crippen molar-refractivity contribution < 1.29 is 4.79 Å². The number of aryl methyl sites for hydroxylation is 1. The highest BCUT2D eigenvalue weighted by Gasteiger charge is 2.21. The predicted octanol–water partition coefficient (Wildman–Crippen LogP) is 1.79. The van der Waals surface area contributed by atoms with Crippen molar-refractivity contribution in [2.45, 2.75) is 19.3 Å². The van der Waals surface area contributed by atoms with Crippen molar-refractivity contribution in [3.05, 3.63) is 11.9 Å². The van der Waals surface area contributed by atoms with E-state index in [1.165, 1.54) is 19.3 Å². The van der Waals surface area contributed by atoms with E-state index in [1.54, 1.807) is 17.9 Å². The maximum atomic E-state index is 11.3. The molecule has 4 nitrogen and oxygen atoms in total. The zero-order chi connectivity index (χ0) is 10.8. The summed E-state index contributed by atoms with van der Waals surface area (Å²) in [7, 11) is 1.74. The molecular formula is C10H14ClN3O. The third-order valence-corrected chi connectivity index (χ3v) is 2.98. The van der Waals surface area contributed by atoms with Crippen molar-refractivity contribution in [1.29, 1.82) is 0 Å². The largest absolute Gasteiger partial charge is 0.368 e. The smallest absolute Gasteiger partial charge is 0.272 e. The average molecular weight is 228 g/mol. The van der Waals surface area contributed by atoms with Crippen LogP contribution in [0.5, 0.6) is 0 Å². The molecule has 1 aliphatic rings. The molecular weight excluding hydrogens is 214 g/mol. The highest BCUT2D eigenvalue weighted by molar-refractivity contribution is 6.68. The Hall–Kier alpha value is -1.03. The van der Waals surface area contributed by atoms with Crippen LogP contribution in [0.4, 0.5) is 5.69 Å². The second-order valence-electron chi connectivity index (χ2n) is 3.82. The van der Waals surface area contributed by atoms with Crippen LogP contribution in [0.2, 0.25) is 0 Å². The second-order valence-corrected chi connectivity index (χ2v) is 4.17. The summed E-state index contributed by atoms with van der Waals surface area (Å²) in [5.41, 5.74) is 1.37. The third kappa shape index (κ3) is 2.00. The third-order valence-electron chi connectivity index (χ3n) is 2.80. The number of carbonyl (C=O) groups is 1. The fourth-order valence-electron chi connectivity index (χ4n) is 2.02. The number of nitrogens with zero attached hydrogens (tertiary/aromatic N) is 3. The number of halogens is 1. The maximum Gasteiger partial charge on any atom is 0.272 e. The molecule has 0 amide bonds. The van der Waals surface area contributed by atoms with Crippen molar-refractivity contribution in [2.24, 2.45) is 7.05 Å². The fourth-order valence-corrected chi connectivity index (χ4v) is 2.24. The van der Waals surface area contributed by atoms with Gasteiger partial charge in [-0.25, -0.2) is 0 Å². The minimum atomic E-state index is -0.435. The molecule has 5 heteroatoms. The van der Waals surface area contributed by atoms with Crippen LogP contribution in [0.1, 0.15) is 29.8 Å². The van der Waals surface area contributed by atoms with E-state index in [2.05, 4.69) is 10.00 Å². The molecule has 2 heterocycles. The first-order valence-electron chi connectivity index (χ1n) is 5.17. The number of hydrogen-bond donors (Lipinski definition) is 0. The van der Waals surface area contributed by atoms with Gasteiger partial charge in [0.15, 0.2) is 0 Å². The molecule has 1 aliphatic heterocycles. The molecule has 0 atom stereocenters. The number of carbonyl (C=O) groups excluding carboxylic acids is 1. The highest BCUT2D eigenvalue weighted by atomic mass is 35.5. The molecule has 1 aromatic heterocycles. The minimum absolute atomic E-state index is 0.435. The Morgan fingerprint density at radius 3 is 2.67 bits per heavy atom. The minimum Gasteiger partial charge on any atom is -0.368 e. The van der Waals surface area contributed by atoms with E-state index in [1.807, 2.05) is 0 Å². The lowest BCUT2D eigenvalue weighted by Crippen LogP contribution is -2.30. The van der Waals surface area contributed by atoms with Gasteiger partial charge in [-0.3, -0.25) is 9.48 Å². The molecule has 0 radical (unpaired) electrons. The van der Waals surface area contributed by atoms with Crippen molar-refractivity contribution in [2.75, 3.05) is 18.0 Å². The molecule has 1 saturated heterocycles. The highest BCUT2D eigenvalue weighted by Crippen LogP contribution is 2.24. The second kappa shape index (κ2) is 4.23. The van der Waals surface area contributed by atoms with Gasteiger partial charge in [0, 0.05) is 20.1 Å². The lowest BCUT2D eigenvalue weighted by atomic mass is 10.1. The van der Waals surface area contributed by atoms with Gasteiger partial charge >= 0.3 is 0 Å². The van der Waals surface area contributed by atoms with Gasteiger partial charge < -0.3 is 4.90 Å². The Labute approximate surface area is 93.8 Å². The number of piperidine rings is 1. The summed E-state index contributed by atoms with van der Waals surface area (Å²) in [5.74, 6) is 0. The lowest BCUT2D eigenvalue weighted by Gasteiger charge is -2.27. The van der Waals surface area contributed by atoms with Crippen LogP contribution in [0.15, 0.2) is 6.20 Å². The van der Waals surface area contributed by atoms with Gasteiger partial charge in [0.2, 0.25) is 0 Å². The van der Waals surface area contributed by atoms with E-state index >= 15 is 0 Å². The van der Waals surface area contributed by atoms with E-state index in [9.17, 15) is 4.79 Å². The Kier molecular flexibility index (Phi) is 2.95. The molecule has 0 aromatic carbocycles.